The third-order valence-corrected chi connectivity index (χ3v) is 1.93. The van der Waals surface area contributed by atoms with Gasteiger partial charge in [0, 0.05) is 12.1 Å². The fourth-order valence-corrected chi connectivity index (χ4v) is 1.14. The monoisotopic (exact) mass is 228 g/mol. The van der Waals surface area contributed by atoms with Gasteiger partial charge >= 0.3 is 6.01 Å². The molecule has 0 amide bonds. The number of alkyl halides is 1. The molecule has 0 aromatic carbocycles. The van der Waals surface area contributed by atoms with E-state index in [4.69, 9.17) is 21.1 Å². The summed E-state index contributed by atoms with van der Waals surface area (Å²) in [7, 11) is 3.07. The van der Waals surface area contributed by atoms with Crippen LogP contribution in [0.15, 0.2) is 12.3 Å². The van der Waals surface area contributed by atoms with E-state index in [9.17, 15) is 0 Å². The molecular formula is C10H13ClN2O2. The van der Waals surface area contributed by atoms with Crippen LogP contribution in [0.25, 0.3) is 6.08 Å². The van der Waals surface area contributed by atoms with Crippen LogP contribution >= 0.6 is 11.6 Å². The van der Waals surface area contributed by atoms with E-state index < -0.39 is 0 Å². The minimum atomic E-state index is 0.293. The molecule has 0 fully saturated rings. The van der Waals surface area contributed by atoms with E-state index in [1.54, 1.807) is 13.3 Å². The van der Waals surface area contributed by atoms with Crippen LogP contribution in [0.3, 0.4) is 0 Å². The average Bonchev–Trinajstić information content (AvgIpc) is 2.29. The van der Waals surface area contributed by atoms with E-state index in [1.165, 1.54) is 7.11 Å². The van der Waals surface area contributed by atoms with Crippen molar-refractivity contribution >= 4 is 17.7 Å². The van der Waals surface area contributed by atoms with Crippen molar-refractivity contribution in [1.82, 2.24) is 9.97 Å². The molecule has 15 heavy (non-hydrogen) atoms. The summed E-state index contributed by atoms with van der Waals surface area (Å²) in [5, 5.41) is 0. The van der Waals surface area contributed by atoms with Crippen LogP contribution in [-0.2, 0) is 0 Å². The van der Waals surface area contributed by atoms with Gasteiger partial charge in [-0.25, -0.2) is 4.98 Å². The SMILES string of the molecule is COc1ncc(C=CCCCl)c(OC)n1. The summed E-state index contributed by atoms with van der Waals surface area (Å²) in [6.45, 7) is 0. The van der Waals surface area contributed by atoms with Gasteiger partial charge in [-0.15, -0.1) is 11.6 Å². The molecular weight excluding hydrogens is 216 g/mol. The van der Waals surface area contributed by atoms with Gasteiger partial charge < -0.3 is 9.47 Å². The van der Waals surface area contributed by atoms with E-state index in [2.05, 4.69) is 9.97 Å². The van der Waals surface area contributed by atoms with Crippen LogP contribution in [0, 0.1) is 0 Å². The summed E-state index contributed by atoms with van der Waals surface area (Å²) < 4.78 is 9.99. The van der Waals surface area contributed by atoms with Crippen molar-refractivity contribution in [2.24, 2.45) is 0 Å². The zero-order chi connectivity index (χ0) is 11.1. The van der Waals surface area contributed by atoms with E-state index in [-0.39, 0.29) is 0 Å². The van der Waals surface area contributed by atoms with Gasteiger partial charge in [0.05, 0.1) is 19.8 Å². The topological polar surface area (TPSA) is 44.2 Å². The lowest BCUT2D eigenvalue weighted by Gasteiger charge is -2.04. The summed E-state index contributed by atoms with van der Waals surface area (Å²) in [5.41, 5.74) is 0.809. The maximum Gasteiger partial charge on any atom is 0.319 e. The minimum absolute atomic E-state index is 0.293. The second-order valence-electron chi connectivity index (χ2n) is 2.70. The number of allylic oxidation sites excluding steroid dienone is 1. The van der Waals surface area contributed by atoms with Crippen LogP contribution in [0.1, 0.15) is 12.0 Å². The Morgan fingerprint density at radius 3 is 2.80 bits per heavy atom. The molecule has 0 aliphatic rings. The molecule has 0 atom stereocenters. The Balaban J connectivity index is 2.87. The Bertz CT molecular complexity index is 342. The minimum Gasteiger partial charge on any atom is -0.480 e. The van der Waals surface area contributed by atoms with Gasteiger partial charge in [0.25, 0.3) is 0 Å². The molecule has 0 saturated carbocycles. The molecule has 5 heteroatoms. The number of hydrogen-bond acceptors (Lipinski definition) is 4. The van der Waals surface area contributed by atoms with Crippen molar-refractivity contribution in [3.05, 3.63) is 17.8 Å². The van der Waals surface area contributed by atoms with Crippen LogP contribution in [-0.4, -0.2) is 30.1 Å². The first-order valence-electron chi connectivity index (χ1n) is 4.49. The van der Waals surface area contributed by atoms with Gasteiger partial charge in [-0.2, -0.15) is 4.98 Å². The molecule has 1 rings (SSSR count). The summed E-state index contributed by atoms with van der Waals surface area (Å²) in [6.07, 6.45) is 6.27. The highest BCUT2D eigenvalue weighted by Crippen LogP contribution is 2.18. The van der Waals surface area contributed by atoms with Crippen molar-refractivity contribution in [3.8, 4) is 11.9 Å². The van der Waals surface area contributed by atoms with Gasteiger partial charge in [-0.1, -0.05) is 12.2 Å². The van der Waals surface area contributed by atoms with Crippen LogP contribution in [0.5, 0.6) is 11.9 Å². The summed E-state index contributed by atoms with van der Waals surface area (Å²) >= 11 is 5.56. The van der Waals surface area contributed by atoms with Crippen molar-refractivity contribution in [2.75, 3.05) is 20.1 Å². The van der Waals surface area contributed by atoms with E-state index >= 15 is 0 Å². The molecule has 0 radical (unpaired) electrons. The lowest BCUT2D eigenvalue weighted by atomic mass is 10.3. The number of halogens is 1. The van der Waals surface area contributed by atoms with Gasteiger partial charge in [0.1, 0.15) is 0 Å². The fourth-order valence-electron chi connectivity index (χ4n) is 1.01. The highest BCUT2D eigenvalue weighted by molar-refractivity contribution is 6.17. The van der Waals surface area contributed by atoms with Crippen molar-refractivity contribution in [2.45, 2.75) is 6.42 Å². The number of hydrogen-bond donors (Lipinski definition) is 0. The van der Waals surface area contributed by atoms with E-state index in [1.807, 2.05) is 12.2 Å². The van der Waals surface area contributed by atoms with Crippen molar-refractivity contribution in [3.63, 3.8) is 0 Å². The highest BCUT2D eigenvalue weighted by Gasteiger charge is 2.04. The molecule has 1 aromatic rings. The highest BCUT2D eigenvalue weighted by atomic mass is 35.5. The Morgan fingerprint density at radius 1 is 1.40 bits per heavy atom. The molecule has 0 aliphatic carbocycles. The lowest BCUT2D eigenvalue weighted by Crippen LogP contribution is -1.97. The molecule has 0 saturated heterocycles. The van der Waals surface area contributed by atoms with Gasteiger partial charge in [-0.05, 0) is 6.42 Å². The maximum absolute atomic E-state index is 5.56. The largest absolute Gasteiger partial charge is 0.480 e. The zero-order valence-corrected chi connectivity index (χ0v) is 9.49. The molecule has 4 nitrogen and oxygen atoms in total. The number of rotatable bonds is 5. The predicted molar refractivity (Wildman–Crippen MR) is 59.5 cm³/mol. The maximum atomic E-state index is 5.56. The lowest BCUT2D eigenvalue weighted by molar-refractivity contribution is 0.351. The van der Waals surface area contributed by atoms with E-state index in [0.29, 0.717) is 17.8 Å². The molecule has 1 aromatic heterocycles. The molecule has 0 bridgehead atoms. The Labute approximate surface area is 93.9 Å². The van der Waals surface area contributed by atoms with Gasteiger partial charge in [0.15, 0.2) is 0 Å². The smallest absolute Gasteiger partial charge is 0.319 e. The summed E-state index contributed by atoms with van der Waals surface area (Å²) in [4.78, 5) is 8.04. The predicted octanol–water partition coefficient (Wildman–Crippen LogP) is 2.14. The van der Waals surface area contributed by atoms with Gasteiger partial charge in [-0.3, -0.25) is 0 Å². The Kier molecular flexibility index (Phi) is 4.90. The van der Waals surface area contributed by atoms with Crippen molar-refractivity contribution in [1.29, 1.82) is 0 Å². The molecule has 0 aliphatic heterocycles. The Morgan fingerprint density at radius 2 is 2.20 bits per heavy atom. The van der Waals surface area contributed by atoms with E-state index in [0.717, 1.165) is 12.0 Å². The third-order valence-electron chi connectivity index (χ3n) is 1.71. The number of methoxy groups -OCH3 is 2. The normalized spacial score (nSPS) is 10.6. The van der Waals surface area contributed by atoms with Crippen LogP contribution < -0.4 is 9.47 Å². The third kappa shape index (κ3) is 3.40. The standard InChI is InChI=1S/C10H13ClN2O2/c1-14-9-8(5-3-4-6-11)7-12-10(13-9)15-2/h3,5,7H,4,6H2,1-2H3. The molecule has 1 heterocycles. The second-order valence-corrected chi connectivity index (χ2v) is 3.08. The first kappa shape index (κ1) is 11.8. The first-order chi connectivity index (χ1) is 7.31. The Hall–Kier alpha value is -1.29. The molecule has 82 valence electrons. The molecule has 0 unspecified atom stereocenters. The molecule has 0 N–H and O–H groups in total. The summed E-state index contributed by atoms with van der Waals surface area (Å²) in [6, 6.07) is 0.293. The van der Waals surface area contributed by atoms with Crippen molar-refractivity contribution < 1.29 is 9.47 Å². The second kappa shape index (κ2) is 6.24. The van der Waals surface area contributed by atoms with Crippen LogP contribution in [0.4, 0.5) is 0 Å². The van der Waals surface area contributed by atoms with Crippen LogP contribution in [0.2, 0.25) is 0 Å². The average molecular weight is 229 g/mol. The molecule has 0 spiro atoms. The quantitative estimate of drug-likeness (QED) is 0.725. The summed E-state index contributed by atoms with van der Waals surface area (Å²) in [5.74, 6) is 1.09. The number of nitrogens with zero attached hydrogens (tertiary/aromatic N) is 2. The number of ether oxygens (including phenoxy) is 2. The van der Waals surface area contributed by atoms with Gasteiger partial charge in [0.2, 0.25) is 5.88 Å². The number of aromatic nitrogens is 2. The first-order valence-corrected chi connectivity index (χ1v) is 5.02. The fraction of sp³-hybridized carbons (Fsp3) is 0.400. The zero-order valence-electron chi connectivity index (χ0n) is 8.74.